The monoisotopic (exact) mass is 431 g/mol. The molecule has 0 spiro atoms. The molecule has 0 amide bonds. The molecule has 0 aliphatic carbocycles. The van der Waals surface area contributed by atoms with Gasteiger partial charge in [-0.15, -0.1) is 0 Å². The van der Waals surface area contributed by atoms with Crippen molar-refractivity contribution in [1.29, 1.82) is 0 Å². The van der Waals surface area contributed by atoms with E-state index >= 15 is 0 Å². The molecule has 1 aromatic heterocycles. The van der Waals surface area contributed by atoms with Gasteiger partial charge in [-0.3, -0.25) is 9.36 Å². The van der Waals surface area contributed by atoms with Crippen LogP contribution < -0.4 is 9.47 Å². The molecule has 8 heteroatoms. The summed E-state index contributed by atoms with van der Waals surface area (Å²) in [5, 5.41) is 0. The molecule has 0 aliphatic heterocycles. The Hall–Kier alpha value is -3.29. The summed E-state index contributed by atoms with van der Waals surface area (Å²) >= 11 is 0. The summed E-state index contributed by atoms with van der Waals surface area (Å²) in [5.74, 6) is -0.582. The van der Waals surface area contributed by atoms with Crippen LogP contribution in [0, 0.1) is 12.8 Å². The van der Waals surface area contributed by atoms with Crippen LogP contribution in [0.2, 0.25) is 0 Å². The Kier molecular flexibility index (Phi) is 8.24. The minimum Gasteiger partial charge on any atom is -0.497 e. The van der Waals surface area contributed by atoms with Crippen molar-refractivity contribution in [3.63, 3.8) is 0 Å². The first-order valence-electron chi connectivity index (χ1n) is 10.1. The first-order chi connectivity index (χ1) is 14.7. The van der Waals surface area contributed by atoms with E-state index in [1.165, 1.54) is 11.5 Å². The van der Waals surface area contributed by atoms with Gasteiger partial charge < -0.3 is 18.9 Å². The maximum absolute atomic E-state index is 12.9. The second-order valence-corrected chi connectivity index (χ2v) is 7.33. The maximum atomic E-state index is 12.9. The number of rotatable bonds is 10. The van der Waals surface area contributed by atoms with E-state index in [4.69, 9.17) is 18.9 Å². The minimum absolute atomic E-state index is 0.0337. The molecule has 0 saturated heterocycles. The SMILES string of the molecule is CCOC(=O)c1c(OCC(=O)OCC(C)C)c(C)c(C(C)=O)n1-c1ccc(OC)cc1. The molecule has 0 radical (unpaired) electrons. The van der Waals surface area contributed by atoms with Crippen molar-refractivity contribution >= 4 is 17.7 Å². The first kappa shape index (κ1) is 24.0. The van der Waals surface area contributed by atoms with E-state index in [2.05, 4.69) is 0 Å². The quantitative estimate of drug-likeness (QED) is 0.418. The largest absolute Gasteiger partial charge is 0.497 e. The van der Waals surface area contributed by atoms with Gasteiger partial charge in [0, 0.05) is 18.2 Å². The lowest BCUT2D eigenvalue weighted by Gasteiger charge is -2.13. The second kappa shape index (κ2) is 10.7. The summed E-state index contributed by atoms with van der Waals surface area (Å²) in [4.78, 5) is 37.4. The van der Waals surface area contributed by atoms with Crippen LogP contribution in [0.4, 0.5) is 0 Å². The first-order valence-corrected chi connectivity index (χ1v) is 10.1. The van der Waals surface area contributed by atoms with Crippen molar-refractivity contribution in [3.8, 4) is 17.2 Å². The van der Waals surface area contributed by atoms with Crippen LogP contribution in [0.5, 0.6) is 11.5 Å². The van der Waals surface area contributed by atoms with E-state index < -0.39 is 18.5 Å². The highest BCUT2D eigenvalue weighted by Crippen LogP contribution is 2.34. The molecule has 1 heterocycles. The van der Waals surface area contributed by atoms with Crippen molar-refractivity contribution < 1.29 is 33.3 Å². The standard InChI is InChI=1S/C23H29NO7/c1-7-29-23(27)21-22(31-13-19(26)30-12-14(2)3)15(4)20(16(5)25)24(21)17-8-10-18(28-6)11-9-17/h8-11,14H,7,12-13H2,1-6H3. The van der Waals surface area contributed by atoms with Crippen molar-refractivity contribution in [3.05, 3.63) is 41.2 Å². The number of benzene rings is 1. The summed E-state index contributed by atoms with van der Waals surface area (Å²) in [5.41, 5.74) is 1.28. The van der Waals surface area contributed by atoms with Gasteiger partial charge in [-0.2, -0.15) is 0 Å². The fourth-order valence-electron chi connectivity index (χ4n) is 3.07. The lowest BCUT2D eigenvalue weighted by molar-refractivity contribution is -0.147. The Bertz CT molecular complexity index is 942. The lowest BCUT2D eigenvalue weighted by Crippen LogP contribution is -2.19. The van der Waals surface area contributed by atoms with Crippen LogP contribution in [0.1, 0.15) is 54.2 Å². The number of methoxy groups -OCH3 is 1. The number of ketones is 1. The van der Waals surface area contributed by atoms with Crippen molar-refractivity contribution in [2.45, 2.75) is 34.6 Å². The van der Waals surface area contributed by atoms with E-state index in [1.807, 2.05) is 13.8 Å². The molecular formula is C23H29NO7. The number of carbonyl (C=O) groups is 3. The third kappa shape index (κ3) is 5.65. The number of esters is 2. The van der Waals surface area contributed by atoms with Crippen molar-refractivity contribution in [1.82, 2.24) is 4.57 Å². The predicted octanol–water partition coefficient (Wildman–Crippen LogP) is 3.75. The summed E-state index contributed by atoms with van der Waals surface area (Å²) in [7, 11) is 1.55. The molecule has 31 heavy (non-hydrogen) atoms. The smallest absolute Gasteiger partial charge is 0.359 e. The highest BCUT2D eigenvalue weighted by atomic mass is 16.6. The van der Waals surface area contributed by atoms with E-state index in [9.17, 15) is 14.4 Å². The molecule has 0 fully saturated rings. The normalized spacial score (nSPS) is 10.7. The van der Waals surface area contributed by atoms with Crippen LogP contribution >= 0.6 is 0 Å². The van der Waals surface area contributed by atoms with E-state index in [0.29, 0.717) is 17.0 Å². The number of Topliss-reactive ketones (excluding diaryl/α,β-unsaturated/α-hetero) is 1. The van der Waals surface area contributed by atoms with Crippen molar-refractivity contribution in [2.24, 2.45) is 5.92 Å². The molecule has 168 valence electrons. The molecule has 2 rings (SSSR count). The molecule has 0 atom stereocenters. The molecule has 0 N–H and O–H groups in total. The summed E-state index contributed by atoms with van der Waals surface area (Å²) in [6.07, 6.45) is 0. The summed E-state index contributed by atoms with van der Waals surface area (Å²) in [6, 6.07) is 6.86. The number of carbonyl (C=O) groups excluding carboxylic acids is 3. The third-order valence-electron chi connectivity index (χ3n) is 4.40. The zero-order valence-electron chi connectivity index (χ0n) is 18.8. The van der Waals surface area contributed by atoms with Crippen LogP contribution in [0.15, 0.2) is 24.3 Å². The maximum Gasteiger partial charge on any atom is 0.359 e. The van der Waals surface area contributed by atoms with Gasteiger partial charge in [0.05, 0.1) is 26.0 Å². The highest BCUT2D eigenvalue weighted by Gasteiger charge is 2.30. The molecule has 0 saturated carbocycles. The van der Waals surface area contributed by atoms with Gasteiger partial charge in [-0.1, -0.05) is 13.8 Å². The lowest BCUT2D eigenvalue weighted by atomic mass is 10.2. The Morgan fingerprint density at radius 3 is 2.19 bits per heavy atom. The van der Waals surface area contributed by atoms with Crippen LogP contribution in [-0.2, 0) is 14.3 Å². The molecule has 8 nitrogen and oxygen atoms in total. The molecule has 0 aliphatic rings. The predicted molar refractivity (Wildman–Crippen MR) is 114 cm³/mol. The van der Waals surface area contributed by atoms with Crippen LogP contribution in [0.3, 0.4) is 0 Å². The fourth-order valence-corrected chi connectivity index (χ4v) is 3.07. The van der Waals surface area contributed by atoms with Gasteiger partial charge in [0.1, 0.15) is 5.75 Å². The average molecular weight is 431 g/mol. The van der Waals surface area contributed by atoms with Crippen molar-refractivity contribution in [2.75, 3.05) is 26.9 Å². The Morgan fingerprint density at radius 2 is 1.68 bits per heavy atom. The Labute approximate surface area is 182 Å². The van der Waals surface area contributed by atoms with E-state index in [-0.39, 0.29) is 42.1 Å². The van der Waals surface area contributed by atoms with E-state index in [0.717, 1.165) is 0 Å². The third-order valence-corrected chi connectivity index (χ3v) is 4.40. The Balaban J connectivity index is 2.56. The minimum atomic E-state index is -0.667. The number of ether oxygens (including phenoxy) is 4. The number of aromatic nitrogens is 1. The van der Waals surface area contributed by atoms with Gasteiger partial charge in [0.15, 0.2) is 23.8 Å². The second-order valence-electron chi connectivity index (χ2n) is 7.33. The topological polar surface area (TPSA) is 93.1 Å². The average Bonchev–Trinajstić information content (AvgIpc) is 3.03. The fraction of sp³-hybridized carbons (Fsp3) is 0.435. The van der Waals surface area contributed by atoms with E-state index in [1.54, 1.807) is 45.2 Å². The molecule has 0 unspecified atom stereocenters. The molecule has 1 aromatic carbocycles. The molecule has 2 aromatic rings. The van der Waals surface area contributed by atoms with Gasteiger partial charge in [-0.05, 0) is 44.0 Å². The zero-order chi connectivity index (χ0) is 23.1. The van der Waals surface area contributed by atoms with Gasteiger partial charge in [0.2, 0.25) is 0 Å². The summed E-state index contributed by atoms with van der Waals surface area (Å²) < 4.78 is 22.7. The molecular weight excluding hydrogens is 402 g/mol. The number of hydrogen-bond acceptors (Lipinski definition) is 7. The number of hydrogen-bond donors (Lipinski definition) is 0. The van der Waals surface area contributed by atoms with Crippen LogP contribution in [0.25, 0.3) is 5.69 Å². The molecule has 0 bridgehead atoms. The number of nitrogens with zero attached hydrogens (tertiary/aromatic N) is 1. The van der Waals surface area contributed by atoms with Crippen LogP contribution in [-0.4, -0.2) is 49.2 Å². The van der Waals surface area contributed by atoms with Gasteiger partial charge >= 0.3 is 11.9 Å². The highest BCUT2D eigenvalue weighted by molar-refractivity contribution is 6.01. The Morgan fingerprint density at radius 1 is 1.03 bits per heavy atom. The summed E-state index contributed by atoms with van der Waals surface area (Å²) in [6.45, 7) is 8.59. The van der Waals surface area contributed by atoms with Gasteiger partial charge in [-0.25, -0.2) is 9.59 Å². The zero-order valence-corrected chi connectivity index (χ0v) is 18.8. The van der Waals surface area contributed by atoms with Gasteiger partial charge in [0.25, 0.3) is 0 Å².